The van der Waals surface area contributed by atoms with E-state index in [1.54, 1.807) is 4.58 Å². The lowest BCUT2D eigenvalue weighted by Gasteiger charge is -2.19. The zero-order valence-electron chi connectivity index (χ0n) is 14.9. The highest BCUT2D eigenvalue weighted by Crippen LogP contribution is 2.34. The number of nitrogens with zero attached hydrogens (tertiary/aromatic N) is 1. The smallest absolute Gasteiger partial charge is 0.423 e. The third kappa shape index (κ3) is 2.40. The Bertz CT molecular complexity index is 1140. The Morgan fingerprint density at radius 3 is 2.44 bits per heavy atom. The molecule has 132 valence electrons. The first-order valence-corrected chi connectivity index (χ1v) is 9.04. The second-order valence-corrected chi connectivity index (χ2v) is 7.42. The number of carbonyl (C=O) groups is 2. The maximum atomic E-state index is 13.1. The van der Waals surface area contributed by atoms with Crippen LogP contribution in [0.25, 0.3) is 10.8 Å². The first-order valence-electron chi connectivity index (χ1n) is 9.04. The Morgan fingerprint density at radius 1 is 1.00 bits per heavy atom. The van der Waals surface area contributed by atoms with Gasteiger partial charge in [0.15, 0.2) is 17.9 Å². The number of Topliss-reactive ketones (excluding diaryl/α,β-unsaturated/α-hetero) is 1. The van der Waals surface area contributed by atoms with Gasteiger partial charge in [-0.15, -0.1) is 4.58 Å². The van der Waals surface area contributed by atoms with Crippen molar-refractivity contribution in [1.82, 2.24) is 0 Å². The minimum atomic E-state index is -0.748. The SMILES string of the molecule is CC1(CC(=O)c2ccccc2)C[N+]2=C(O1)c1cccc3cccc(c13)C2=O. The lowest BCUT2D eigenvalue weighted by molar-refractivity contribution is -0.426. The van der Waals surface area contributed by atoms with Crippen molar-refractivity contribution in [1.29, 1.82) is 0 Å². The van der Waals surface area contributed by atoms with Crippen molar-refractivity contribution in [3.63, 3.8) is 0 Å². The molecule has 2 heterocycles. The number of carbonyl (C=O) groups excluding carboxylic acids is 2. The molecule has 1 atom stereocenters. The molecule has 4 heteroatoms. The predicted molar refractivity (Wildman–Crippen MR) is 102 cm³/mol. The molecule has 2 aliphatic heterocycles. The van der Waals surface area contributed by atoms with Crippen LogP contribution in [0.4, 0.5) is 0 Å². The van der Waals surface area contributed by atoms with Gasteiger partial charge in [0.1, 0.15) is 0 Å². The average molecular weight is 356 g/mol. The maximum absolute atomic E-state index is 13.1. The van der Waals surface area contributed by atoms with Gasteiger partial charge in [0.25, 0.3) is 0 Å². The van der Waals surface area contributed by atoms with Crippen molar-refractivity contribution in [2.75, 3.05) is 6.54 Å². The van der Waals surface area contributed by atoms with Crippen molar-refractivity contribution in [2.24, 2.45) is 0 Å². The highest BCUT2D eigenvalue weighted by Gasteiger charge is 2.51. The summed E-state index contributed by atoms with van der Waals surface area (Å²) in [5, 5.41) is 1.94. The predicted octanol–water partition coefficient (Wildman–Crippen LogP) is 3.81. The van der Waals surface area contributed by atoms with Crippen LogP contribution in [0.3, 0.4) is 0 Å². The summed E-state index contributed by atoms with van der Waals surface area (Å²) in [6.45, 7) is 2.27. The van der Waals surface area contributed by atoms with Crippen LogP contribution in [0.5, 0.6) is 0 Å². The van der Waals surface area contributed by atoms with Gasteiger partial charge in [-0.3, -0.25) is 4.79 Å². The molecule has 0 radical (unpaired) electrons. The molecule has 0 aromatic heterocycles. The molecule has 0 fully saturated rings. The molecule has 0 bridgehead atoms. The first-order chi connectivity index (χ1) is 13.1. The number of benzene rings is 3. The molecule has 0 saturated heterocycles. The molecule has 3 aromatic carbocycles. The Morgan fingerprint density at radius 2 is 1.70 bits per heavy atom. The van der Waals surface area contributed by atoms with E-state index in [4.69, 9.17) is 4.74 Å². The number of amides is 1. The van der Waals surface area contributed by atoms with Crippen molar-refractivity contribution in [3.8, 4) is 0 Å². The normalized spacial score (nSPS) is 20.6. The monoisotopic (exact) mass is 356 g/mol. The van der Waals surface area contributed by atoms with Crippen molar-refractivity contribution < 1.29 is 18.9 Å². The zero-order valence-corrected chi connectivity index (χ0v) is 14.9. The maximum Gasteiger partial charge on any atom is 0.423 e. The fourth-order valence-electron chi connectivity index (χ4n) is 4.09. The number of ether oxygens (including phenoxy) is 1. The van der Waals surface area contributed by atoms with Gasteiger partial charge in [0.2, 0.25) is 0 Å². The second kappa shape index (κ2) is 5.61. The van der Waals surface area contributed by atoms with Crippen LogP contribution in [-0.2, 0) is 4.74 Å². The minimum absolute atomic E-state index is 0.0155. The summed E-state index contributed by atoms with van der Waals surface area (Å²) in [6, 6.07) is 20.9. The summed E-state index contributed by atoms with van der Waals surface area (Å²) in [5.41, 5.74) is 1.52. The summed E-state index contributed by atoms with van der Waals surface area (Å²) in [5.74, 6) is 0.513. The number of rotatable bonds is 3. The van der Waals surface area contributed by atoms with Crippen LogP contribution >= 0.6 is 0 Å². The van der Waals surface area contributed by atoms with Crippen LogP contribution in [-0.4, -0.2) is 34.3 Å². The van der Waals surface area contributed by atoms with Gasteiger partial charge in [-0.05, 0) is 24.4 Å². The summed E-state index contributed by atoms with van der Waals surface area (Å²) < 4.78 is 7.94. The van der Waals surface area contributed by atoms with Crippen LogP contribution in [0, 0.1) is 0 Å². The quantitative estimate of drug-likeness (QED) is 0.529. The summed E-state index contributed by atoms with van der Waals surface area (Å²) in [7, 11) is 0. The van der Waals surface area contributed by atoms with Gasteiger partial charge in [-0.25, -0.2) is 4.79 Å². The molecule has 1 unspecified atom stereocenters. The van der Waals surface area contributed by atoms with E-state index in [2.05, 4.69) is 0 Å². The van der Waals surface area contributed by atoms with Gasteiger partial charge in [-0.2, -0.15) is 0 Å². The molecular formula is C23H18NO3+. The second-order valence-electron chi connectivity index (χ2n) is 7.42. The Hall–Kier alpha value is -3.27. The van der Waals surface area contributed by atoms with Gasteiger partial charge < -0.3 is 4.74 Å². The van der Waals surface area contributed by atoms with Gasteiger partial charge in [0, 0.05) is 10.9 Å². The fourth-order valence-corrected chi connectivity index (χ4v) is 4.09. The molecule has 3 aromatic rings. The molecule has 1 amide bonds. The van der Waals surface area contributed by atoms with Crippen molar-refractivity contribution >= 4 is 28.4 Å². The number of hydrogen-bond acceptors (Lipinski definition) is 3. The lowest BCUT2D eigenvalue weighted by atomic mass is 9.95. The van der Waals surface area contributed by atoms with Crippen LogP contribution in [0.1, 0.15) is 39.6 Å². The lowest BCUT2D eigenvalue weighted by Crippen LogP contribution is -2.35. The van der Waals surface area contributed by atoms with E-state index in [0.29, 0.717) is 23.6 Å². The third-order valence-corrected chi connectivity index (χ3v) is 5.32. The van der Waals surface area contributed by atoms with E-state index >= 15 is 0 Å². The number of hydrogen-bond donors (Lipinski definition) is 0. The number of ketones is 1. The average Bonchev–Trinajstić information content (AvgIpc) is 3.04. The van der Waals surface area contributed by atoms with Crippen LogP contribution in [0.15, 0.2) is 66.7 Å². The van der Waals surface area contributed by atoms with Crippen molar-refractivity contribution in [2.45, 2.75) is 18.9 Å². The molecule has 0 saturated carbocycles. The molecule has 4 nitrogen and oxygen atoms in total. The molecule has 5 rings (SSSR count). The molecule has 0 spiro atoms. The minimum Gasteiger partial charge on any atom is -0.430 e. The first kappa shape index (κ1) is 15.9. The molecular weight excluding hydrogens is 338 g/mol. The van der Waals surface area contributed by atoms with E-state index in [1.165, 1.54) is 0 Å². The standard InChI is InChI=1S/C23H18NO3/c1-23(13-19(25)15-7-3-2-4-8-15)14-24-21(26)17-11-5-9-16-10-6-12-18(20(16)17)22(24)27-23/h2-12H,13-14H2,1H3/q+1. The molecule has 0 aliphatic carbocycles. The highest BCUT2D eigenvalue weighted by atomic mass is 16.5. The van der Waals surface area contributed by atoms with E-state index in [-0.39, 0.29) is 18.1 Å². The van der Waals surface area contributed by atoms with Crippen LogP contribution in [0.2, 0.25) is 0 Å². The Labute approximate surface area is 156 Å². The summed E-state index contributed by atoms with van der Waals surface area (Å²) >= 11 is 0. The zero-order chi connectivity index (χ0) is 18.6. The van der Waals surface area contributed by atoms with Gasteiger partial charge in [-0.1, -0.05) is 54.6 Å². The molecule has 0 N–H and O–H groups in total. The van der Waals surface area contributed by atoms with Gasteiger partial charge >= 0.3 is 11.8 Å². The third-order valence-electron chi connectivity index (χ3n) is 5.32. The summed E-state index contributed by atoms with van der Waals surface area (Å²) in [6.07, 6.45) is 0.219. The van der Waals surface area contributed by atoms with Gasteiger partial charge in [0.05, 0.1) is 17.5 Å². The highest BCUT2D eigenvalue weighted by molar-refractivity contribution is 6.18. The fraction of sp³-hybridized carbons (Fsp3) is 0.174. The number of fused-ring (bicyclic) bond motifs is 1. The van der Waals surface area contributed by atoms with E-state index in [0.717, 1.165) is 16.3 Å². The van der Waals surface area contributed by atoms with E-state index < -0.39 is 5.60 Å². The van der Waals surface area contributed by atoms with Crippen LogP contribution < -0.4 is 0 Å². The molecule has 27 heavy (non-hydrogen) atoms. The molecule has 2 aliphatic rings. The topological polar surface area (TPSA) is 46.4 Å². The largest absolute Gasteiger partial charge is 0.430 e. The van der Waals surface area contributed by atoms with E-state index in [1.807, 2.05) is 73.7 Å². The Kier molecular flexibility index (Phi) is 3.31. The summed E-state index contributed by atoms with van der Waals surface area (Å²) in [4.78, 5) is 25.8. The van der Waals surface area contributed by atoms with E-state index in [9.17, 15) is 9.59 Å². The van der Waals surface area contributed by atoms with Crippen molar-refractivity contribution in [3.05, 3.63) is 83.4 Å². The Balaban J connectivity index is 1.52.